The van der Waals surface area contributed by atoms with Crippen LogP contribution in [0.3, 0.4) is 0 Å². The quantitative estimate of drug-likeness (QED) is 0.405. The summed E-state index contributed by atoms with van der Waals surface area (Å²) in [6.45, 7) is -0.0332. The molecule has 1 aromatic heterocycles. The predicted molar refractivity (Wildman–Crippen MR) is 128 cm³/mol. The second kappa shape index (κ2) is 10.2. The molecule has 0 N–H and O–H groups in total. The first-order valence-electron chi connectivity index (χ1n) is 10.6. The van der Waals surface area contributed by atoms with Crippen LogP contribution in [-0.2, 0) is 42.1 Å². The van der Waals surface area contributed by atoms with Gasteiger partial charge in [0.05, 0.1) is 35.1 Å². The van der Waals surface area contributed by atoms with Gasteiger partial charge in [-0.3, -0.25) is 0 Å². The Morgan fingerprint density at radius 3 is 2.33 bits per heavy atom. The summed E-state index contributed by atoms with van der Waals surface area (Å²) in [5, 5.41) is 0. The van der Waals surface area contributed by atoms with Gasteiger partial charge in [-0.15, -0.1) is 11.3 Å². The fourth-order valence-electron chi connectivity index (χ4n) is 3.66. The third-order valence-electron chi connectivity index (χ3n) is 5.39. The fraction of sp³-hybridized carbons (Fsp3) is 0.304. The van der Waals surface area contributed by atoms with Crippen LogP contribution in [0.5, 0.6) is 0 Å². The smallest absolute Gasteiger partial charge is 0.349 e. The van der Waals surface area contributed by atoms with Gasteiger partial charge in [-0.05, 0) is 42.0 Å². The molecule has 36 heavy (non-hydrogen) atoms. The van der Waals surface area contributed by atoms with Crippen LogP contribution in [0, 0.1) is 0 Å². The SMILES string of the molecule is CS(=O)(=O)c1cccc(-c2ccc(CN(CC3OCCO3)S(=O)(=O)c3ccccc3C(F)(F)F)s2)c1. The van der Waals surface area contributed by atoms with Crippen molar-refractivity contribution < 1.29 is 39.5 Å². The van der Waals surface area contributed by atoms with Crippen molar-refractivity contribution in [1.82, 2.24) is 4.31 Å². The minimum atomic E-state index is -4.86. The first-order valence-corrected chi connectivity index (χ1v) is 14.8. The third kappa shape index (κ3) is 5.98. The summed E-state index contributed by atoms with van der Waals surface area (Å²) < 4.78 is 103. The standard InChI is InChI=1S/C23H22F3NO6S3/c1-35(28,29)18-6-4-5-16(13-18)20-10-9-17(34-20)14-27(15-22-32-11-12-33-22)36(30,31)21-8-3-2-7-19(21)23(24,25)26/h2-10,13,22H,11-12,14-15H2,1H3. The summed E-state index contributed by atoms with van der Waals surface area (Å²) in [6, 6.07) is 13.7. The zero-order valence-electron chi connectivity index (χ0n) is 18.9. The molecule has 1 saturated heterocycles. The Bertz CT molecular complexity index is 1450. The van der Waals surface area contributed by atoms with Gasteiger partial charge in [-0.2, -0.15) is 17.5 Å². The van der Waals surface area contributed by atoms with Gasteiger partial charge in [0.15, 0.2) is 16.1 Å². The number of nitrogens with zero attached hydrogens (tertiary/aromatic N) is 1. The minimum Gasteiger partial charge on any atom is -0.349 e. The molecule has 1 aliphatic rings. The van der Waals surface area contributed by atoms with Crippen LogP contribution in [-0.4, -0.2) is 53.4 Å². The molecule has 2 heterocycles. The first kappa shape index (κ1) is 26.8. The predicted octanol–water partition coefficient (Wildman–Crippen LogP) is 4.40. The number of hydrogen-bond donors (Lipinski definition) is 0. The van der Waals surface area contributed by atoms with Gasteiger partial charge >= 0.3 is 6.18 Å². The lowest BCUT2D eigenvalue weighted by atomic mass is 10.2. The van der Waals surface area contributed by atoms with Crippen LogP contribution in [0.4, 0.5) is 13.2 Å². The molecule has 0 atom stereocenters. The van der Waals surface area contributed by atoms with E-state index in [9.17, 15) is 30.0 Å². The van der Waals surface area contributed by atoms with Crippen LogP contribution < -0.4 is 0 Å². The molecule has 13 heteroatoms. The maximum Gasteiger partial charge on any atom is 0.417 e. The van der Waals surface area contributed by atoms with E-state index in [0.717, 1.165) is 28.8 Å². The monoisotopic (exact) mass is 561 g/mol. The van der Waals surface area contributed by atoms with Crippen molar-refractivity contribution in [3.05, 3.63) is 71.1 Å². The molecule has 4 rings (SSSR count). The third-order valence-corrected chi connectivity index (χ3v) is 9.49. The highest BCUT2D eigenvalue weighted by atomic mass is 32.2. The number of sulfone groups is 1. The van der Waals surface area contributed by atoms with E-state index in [-0.39, 0.29) is 31.2 Å². The zero-order valence-corrected chi connectivity index (χ0v) is 21.4. The average Bonchev–Trinajstić information content (AvgIpc) is 3.50. The number of ether oxygens (including phenoxy) is 2. The van der Waals surface area contributed by atoms with Gasteiger partial charge in [0.25, 0.3) is 0 Å². The summed E-state index contributed by atoms with van der Waals surface area (Å²) >= 11 is 1.21. The summed E-state index contributed by atoms with van der Waals surface area (Å²) in [6.07, 6.45) is -4.68. The molecule has 0 unspecified atom stereocenters. The van der Waals surface area contributed by atoms with Gasteiger partial charge in [0.1, 0.15) is 0 Å². The summed E-state index contributed by atoms with van der Waals surface area (Å²) in [5.74, 6) is 0. The maximum absolute atomic E-state index is 13.6. The number of rotatable bonds is 8. The van der Waals surface area contributed by atoms with E-state index in [1.54, 1.807) is 24.3 Å². The number of sulfonamides is 1. The highest BCUT2D eigenvalue weighted by Crippen LogP contribution is 2.36. The first-order chi connectivity index (χ1) is 16.9. The van der Waals surface area contributed by atoms with Crippen LogP contribution in [0.2, 0.25) is 0 Å². The Morgan fingerprint density at radius 2 is 1.67 bits per heavy atom. The Kier molecular flexibility index (Phi) is 7.60. The molecule has 0 amide bonds. The van der Waals surface area contributed by atoms with Crippen molar-refractivity contribution in [1.29, 1.82) is 0 Å². The van der Waals surface area contributed by atoms with Gasteiger partial charge < -0.3 is 9.47 Å². The lowest BCUT2D eigenvalue weighted by Crippen LogP contribution is -2.38. The summed E-state index contributed by atoms with van der Waals surface area (Å²) in [5.41, 5.74) is -0.638. The normalized spacial score (nSPS) is 15.6. The molecular formula is C23H22F3NO6S3. The van der Waals surface area contributed by atoms with Crippen molar-refractivity contribution in [2.45, 2.75) is 28.8 Å². The summed E-state index contributed by atoms with van der Waals surface area (Å²) in [4.78, 5) is 0.504. The van der Waals surface area contributed by atoms with Crippen LogP contribution in [0.15, 0.2) is 70.5 Å². The molecule has 0 aliphatic carbocycles. The molecule has 7 nitrogen and oxygen atoms in total. The molecule has 1 fully saturated rings. The van der Waals surface area contributed by atoms with Gasteiger partial charge in [0, 0.05) is 22.6 Å². The molecule has 3 aromatic rings. The Morgan fingerprint density at radius 1 is 0.972 bits per heavy atom. The molecule has 194 valence electrons. The van der Waals surface area contributed by atoms with E-state index in [0.29, 0.717) is 15.3 Å². The fourth-order valence-corrected chi connectivity index (χ4v) is 7.05. The molecule has 2 aromatic carbocycles. The largest absolute Gasteiger partial charge is 0.417 e. The Hall–Kier alpha value is -2.29. The van der Waals surface area contributed by atoms with Crippen molar-refractivity contribution >= 4 is 31.2 Å². The Labute approximate surface area is 211 Å². The van der Waals surface area contributed by atoms with Crippen LogP contribution in [0.1, 0.15) is 10.4 Å². The van der Waals surface area contributed by atoms with Crippen molar-refractivity contribution in [2.24, 2.45) is 0 Å². The van der Waals surface area contributed by atoms with E-state index in [2.05, 4.69) is 0 Å². The highest BCUT2D eigenvalue weighted by Gasteiger charge is 2.40. The van der Waals surface area contributed by atoms with E-state index >= 15 is 0 Å². The number of halogens is 3. The topological polar surface area (TPSA) is 90.0 Å². The second-order valence-electron chi connectivity index (χ2n) is 8.03. The molecule has 0 spiro atoms. The van der Waals surface area contributed by atoms with Crippen molar-refractivity contribution in [3.8, 4) is 10.4 Å². The average molecular weight is 562 g/mol. The Balaban J connectivity index is 1.68. The van der Waals surface area contributed by atoms with Crippen molar-refractivity contribution in [3.63, 3.8) is 0 Å². The van der Waals surface area contributed by atoms with Gasteiger partial charge in [0.2, 0.25) is 10.0 Å². The minimum absolute atomic E-state index is 0.137. The maximum atomic E-state index is 13.6. The number of hydrogen-bond acceptors (Lipinski definition) is 7. The molecule has 0 bridgehead atoms. The molecule has 0 radical (unpaired) electrons. The zero-order chi connectivity index (χ0) is 26.1. The van der Waals surface area contributed by atoms with Gasteiger partial charge in [-0.25, -0.2) is 16.8 Å². The molecule has 0 saturated carbocycles. The molecule has 1 aliphatic heterocycles. The van der Waals surface area contributed by atoms with E-state index < -0.39 is 42.8 Å². The lowest BCUT2D eigenvalue weighted by molar-refractivity contribution is -0.139. The van der Waals surface area contributed by atoms with E-state index in [4.69, 9.17) is 9.47 Å². The summed E-state index contributed by atoms with van der Waals surface area (Å²) in [7, 11) is -8.03. The van der Waals surface area contributed by atoms with Crippen LogP contribution in [0.25, 0.3) is 10.4 Å². The second-order valence-corrected chi connectivity index (χ2v) is 13.1. The van der Waals surface area contributed by atoms with Gasteiger partial charge in [-0.1, -0.05) is 24.3 Å². The lowest BCUT2D eigenvalue weighted by Gasteiger charge is -2.25. The van der Waals surface area contributed by atoms with E-state index in [1.807, 2.05) is 0 Å². The molecular weight excluding hydrogens is 539 g/mol. The van der Waals surface area contributed by atoms with E-state index in [1.165, 1.54) is 29.5 Å². The number of thiophene rings is 1. The number of benzene rings is 2. The van der Waals surface area contributed by atoms with Crippen LogP contribution >= 0.6 is 11.3 Å². The highest BCUT2D eigenvalue weighted by molar-refractivity contribution is 7.90. The number of alkyl halides is 3. The van der Waals surface area contributed by atoms with Crippen molar-refractivity contribution in [2.75, 3.05) is 26.0 Å².